The van der Waals surface area contributed by atoms with Crippen LogP contribution in [0.25, 0.3) is 0 Å². The molecule has 2 bridgehead atoms. The van der Waals surface area contributed by atoms with Gasteiger partial charge in [-0.15, -0.1) is 0 Å². The van der Waals surface area contributed by atoms with Crippen molar-refractivity contribution in [3.8, 4) is 0 Å². The molecule has 2 aliphatic carbocycles. The molecule has 1 heterocycles. The molecule has 0 unspecified atom stereocenters. The first kappa shape index (κ1) is 7.54. The van der Waals surface area contributed by atoms with Crippen LogP contribution in [0.15, 0.2) is 0 Å². The van der Waals surface area contributed by atoms with E-state index in [1.54, 1.807) is 7.05 Å². The maximum absolute atomic E-state index is 11.7. The maximum atomic E-state index is 11.7. The highest BCUT2D eigenvalue weighted by Crippen LogP contribution is 2.55. The van der Waals surface area contributed by atoms with Crippen LogP contribution >= 0.6 is 0 Å². The van der Waals surface area contributed by atoms with Crippen molar-refractivity contribution in [1.29, 1.82) is 0 Å². The lowest BCUT2D eigenvalue weighted by Gasteiger charge is -2.19. The molecule has 70 valence electrons. The SMILES string of the molecule is CN1C(=O)[C@@H]2[C@H]3CC[C@H](C3)[C@@H]2C1=O. The average Bonchev–Trinajstić information content (AvgIpc) is 2.76. The molecule has 1 aliphatic heterocycles. The minimum Gasteiger partial charge on any atom is -0.285 e. The third kappa shape index (κ3) is 0.713. The van der Waals surface area contributed by atoms with Crippen LogP contribution in [0.4, 0.5) is 0 Å². The Labute approximate surface area is 77.1 Å². The number of imide groups is 1. The monoisotopic (exact) mass is 179 g/mol. The Balaban J connectivity index is 2.03. The van der Waals surface area contributed by atoms with Gasteiger partial charge in [0, 0.05) is 7.05 Å². The van der Waals surface area contributed by atoms with Gasteiger partial charge in [0.15, 0.2) is 0 Å². The quantitative estimate of drug-likeness (QED) is 0.512. The number of fused-ring (bicyclic) bond motifs is 5. The molecule has 13 heavy (non-hydrogen) atoms. The van der Waals surface area contributed by atoms with Crippen LogP contribution in [-0.4, -0.2) is 23.8 Å². The minimum atomic E-state index is 0.0660. The fourth-order valence-corrected chi connectivity index (χ4v) is 3.56. The molecule has 3 aliphatic rings. The van der Waals surface area contributed by atoms with E-state index in [4.69, 9.17) is 0 Å². The lowest BCUT2D eigenvalue weighted by atomic mass is 9.81. The Bertz CT molecular complexity index is 271. The summed E-state index contributed by atoms with van der Waals surface area (Å²) < 4.78 is 0. The van der Waals surface area contributed by atoms with E-state index in [2.05, 4.69) is 0 Å². The van der Waals surface area contributed by atoms with E-state index >= 15 is 0 Å². The van der Waals surface area contributed by atoms with Crippen LogP contribution in [0.5, 0.6) is 0 Å². The number of hydrogen-bond acceptors (Lipinski definition) is 2. The maximum Gasteiger partial charge on any atom is 0.233 e. The summed E-state index contributed by atoms with van der Waals surface area (Å²) in [6.07, 6.45) is 3.46. The van der Waals surface area contributed by atoms with Gasteiger partial charge in [-0.2, -0.15) is 0 Å². The van der Waals surface area contributed by atoms with Crippen LogP contribution in [0.1, 0.15) is 19.3 Å². The predicted molar refractivity (Wildman–Crippen MR) is 45.6 cm³/mol. The topological polar surface area (TPSA) is 37.4 Å². The van der Waals surface area contributed by atoms with Crippen molar-refractivity contribution in [1.82, 2.24) is 4.90 Å². The van der Waals surface area contributed by atoms with Gasteiger partial charge < -0.3 is 0 Å². The molecule has 1 saturated heterocycles. The predicted octanol–water partition coefficient (Wildman–Crippen LogP) is 0.647. The number of nitrogens with zero attached hydrogens (tertiary/aromatic N) is 1. The summed E-state index contributed by atoms with van der Waals surface area (Å²) in [6.45, 7) is 0. The summed E-state index contributed by atoms with van der Waals surface area (Å²) >= 11 is 0. The number of carbonyl (C=O) groups excluding carboxylic acids is 2. The molecular weight excluding hydrogens is 166 g/mol. The first-order chi connectivity index (χ1) is 6.20. The van der Waals surface area contributed by atoms with Crippen LogP contribution in [0.2, 0.25) is 0 Å². The Hall–Kier alpha value is -0.860. The van der Waals surface area contributed by atoms with Gasteiger partial charge in [-0.25, -0.2) is 0 Å². The van der Waals surface area contributed by atoms with Gasteiger partial charge in [-0.3, -0.25) is 14.5 Å². The van der Waals surface area contributed by atoms with Crippen LogP contribution in [0, 0.1) is 23.7 Å². The Kier molecular flexibility index (Phi) is 1.24. The summed E-state index contributed by atoms with van der Waals surface area (Å²) in [7, 11) is 1.63. The lowest BCUT2D eigenvalue weighted by Crippen LogP contribution is -2.28. The third-order valence-electron chi connectivity index (χ3n) is 4.15. The molecule has 0 aromatic rings. The van der Waals surface area contributed by atoms with Gasteiger partial charge in [-0.1, -0.05) is 0 Å². The summed E-state index contributed by atoms with van der Waals surface area (Å²) in [5, 5.41) is 0. The summed E-state index contributed by atoms with van der Waals surface area (Å²) in [6, 6.07) is 0. The van der Waals surface area contributed by atoms with Crippen molar-refractivity contribution in [2.75, 3.05) is 7.05 Å². The second-order valence-electron chi connectivity index (χ2n) is 4.62. The highest BCUT2D eigenvalue weighted by Gasteiger charge is 2.59. The first-order valence-electron chi connectivity index (χ1n) is 5.01. The molecule has 3 heteroatoms. The molecule has 2 saturated carbocycles. The standard InChI is InChI=1S/C10H13NO2/c1-11-9(12)7-5-2-3-6(4-5)8(7)10(11)13/h5-8H,2-4H2,1H3/t5-,6+,7+,8-. The van der Waals surface area contributed by atoms with E-state index in [9.17, 15) is 9.59 Å². The van der Waals surface area contributed by atoms with Crippen molar-refractivity contribution >= 4 is 11.8 Å². The second kappa shape index (κ2) is 2.14. The Morgan fingerprint density at radius 3 is 2.00 bits per heavy atom. The average molecular weight is 179 g/mol. The lowest BCUT2D eigenvalue weighted by molar-refractivity contribution is -0.139. The van der Waals surface area contributed by atoms with Gasteiger partial charge in [0.1, 0.15) is 0 Å². The van der Waals surface area contributed by atoms with E-state index < -0.39 is 0 Å². The number of likely N-dealkylation sites (tertiary alicyclic amines) is 1. The molecule has 0 spiro atoms. The molecule has 2 amide bonds. The smallest absolute Gasteiger partial charge is 0.233 e. The van der Waals surface area contributed by atoms with Crippen LogP contribution in [-0.2, 0) is 9.59 Å². The van der Waals surface area contributed by atoms with E-state index in [1.165, 1.54) is 17.7 Å². The highest BCUT2D eigenvalue weighted by atomic mass is 16.2. The van der Waals surface area contributed by atoms with Crippen molar-refractivity contribution in [2.45, 2.75) is 19.3 Å². The van der Waals surface area contributed by atoms with E-state index in [-0.39, 0.29) is 23.7 Å². The van der Waals surface area contributed by atoms with Crippen molar-refractivity contribution in [3.63, 3.8) is 0 Å². The van der Waals surface area contributed by atoms with Gasteiger partial charge in [0.25, 0.3) is 0 Å². The normalized spacial score (nSPS) is 47.6. The molecular formula is C10H13NO2. The zero-order chi connectivity index (χ0) is 9.16. The number of rotatable bonds is 0. The molecule has 0 radical (unpaired) electrons. The molecule has 0 aromatic carbocycles. The summed E-state index contributed by atoms with van der Waals surface area (Å²) in [5.41, 5.74) is 0. The molecule has 4 atom stereocenters. The number of carbonyl (C=O) groups is 2. The fraction of sp³-hybridized carbons (Fsp3) is 0.800. The van der Waals surface area contributed by atoms with Crippen molar-refractivity contribution in [3.05, 3.63) is 0 Å². The van der Waals surface area contributed by atoms with Gasteiger partial charge in [0.2, 0.25) is 11.8 Å². The second-order valence-corrected chi connectivity index (χ2v) is 4.62. The fourth-order valence-electron chi connectivity index (χ4n) is 3.56. The number of hydrogen-bond donors (Lipinski definition) is 0. The molecule has 3 nitrogen and oxygen atoms in total. The zero-order valence-electron chi connectivity index (χ0n) is 7.69. The largest absolute Gasteiger partial charge is 0.285 e. The zero-order valence-corrected chi connectivity index (χ0v) is 7.69. The van der Waals surface area contributed by atoms with Gasteiger partial charge in [-0.05, 0) is 31.1 Å². The minimum absolute atomic E-state index is 0.0660. The van der Waals surface area contributed by atoms with E-state index in [0.29, 0.717) is 11.8 Å². The van der Waals surface area contributed by atoms with Gasteiger partial charge in [0.05, 0.1) is 11.8 Å². The Morgan fingerprint density at radius 2 is 1.54 bits per heavy atom. The third-order valence-corrected chi connectivity index (χ3v) is 4.15. The van der Waals surface area contributed by atoms with E-state index in [1.807, 2.05) is 0 Å². The van der Waals surface area contributed by atoms with Crippen molar-refractivity contribution < 1.29 is 9.59 Å². The summed E-state index contributed by atoms with van der Waals surface area (Å²) in [5.74, 6) is 1.35. The van der Waals surface area contributed by atoms with Crippen LogP contribution < -0.4 is 0 Å². The number of amides is 2. The molecule has 0 N–H and O–H groups in total. The molecule has 3 rings (SSSR count). The molecule has 0 aromatic heterocycles. The van der Waals surface area contributed by atoms with Crippen LogP contribution in [0.3, 0.4) is 0 Å². The summed E-state index contributed by atoms with van der Waals surface area (Å²) in [4.78, 5) is 24.7. The van der Waals surface area contributed by atoms with Crippen molar-refractivity contribution in [2.24, 2.45) is 23.7 Å². The molecule has 3 fully saturated rings. The highest BCUT2D eigenvalue weighted by molar-refractivity contribution is 6.05. The first-order valence-corrected chi connectivity index (χ1v) is 5.01. The van der Waals surface area contributed by atoms with Gasteiger partial charge >= 0.3 is 0 Å². The van der Waals surface area contributed by atoms with E-state index in [0.717, 1.165) is 6.42 Å². The Morgan fingerprint density at radius 1 is 1.08 bits per heavy atom.